The van der Waals surface area contributed by atoms with Crippen LogP contribution in [-0.4, -0.2) is 16.1 Å². The lowest BCUT2D eigenvalue weighted by atomic mass is 10.0. The highest BCUT2D eigenvalue weighted by molar-refractivity contribution is 7.05. The molecule has 0 aliphatic heterocycles. The Morgan fingerprint density at radius 3 is 2.61 bits per heavy atom. The summed E-state index contributed by atoms with van der Waals surface area (Å²) in [7, 11) is 0. The number of nitrogens with zero attached hydrogens (tertiary/aromatic N) is 2. The molecule has 1 unspecified atom stereocenters. The van der Waals surface area contributed by atoms with E-state index in [1.807, 2.05) is 0 Å². The third-order valence-corrected chi connectivity index (χ3v) is 4.07. The van der Waals surface area contributed by atoms with E-state index in [0.717, 1.165) is 19.4 Å². The average molecular weight is 269 g/mol. The molecule has 3 nitrogen and oxygen atoms in total. The van der Waals surface area contributed by atoms with E-state index in [0.29, 0.717) is 6.04 Å². The van der Waals surface area contributed by atoms with Crippen molar-refractivity contribution in [1.82, 2.24) is 14.9 Å². The minimum atomic E-state index is 0.466. The van der Waals surface area contributed by atoms with E-state index in [1.54, 1.807) is 11.5 Å². The van der Waals surface area contributed by atoms with Crippen molar-refractivity contribution in [3.63, 3.8) is 0 Å². The predicted octanol–water partition coefficient (Wildman–Crippen LogP) is 4.11. The number of hydrogen-bond donors (Lipinski definition) is 1. The molecule has 0 bridgehead atoms. The van der Waals surface area contributed by atoms with Gasteiger partial charge >= 0.3 is 0 Å². The van der Waals surface area contributed by atoms with Gasteiger partial charge in [0.2, 0.25) is 0 Å². The third kappa shape index (κ3) is 5.02. The van der Waals surface area contributed by atoms with Gasteiger partial charge in [-0.3, -0.25) is 0 Å². The van der Waals surface area contributed by atoms with Gasteiger partial charge < -0.3 is 5.32 Å². The number of aromatic nitrogens is 2. The van der Waals surface area contributed by atoms with Gasteiger partial charge in [-0.2, -0.15) is 0 Å². The Morgan fingerprint density at radius 1 is 1.11 bits per heavy atom. The molecule has 4 heteroatoms. The van der Waals surface area contributed by atoms with E-state index in [9.17, 15) is 0 Å². The number of nitrogens with one attached hydrogen (secondary N) is 1. The van der Waals surface area contributed by atoms with Crippen molar-refractivity contribution in [2.75, 3.05) is 6.54 Å². The first-order valence-electron chi connectivity index (χ1n) is 7.37. The van der Waals surface area contributed by atoms with Crippen LogP contribution in [0.5, 0.6) is 0 Å². The Morgan fingerprint density at radius 2 is 1.94 bits per heavy atom. The molecule has 104 valence electrons. The first-order chi connectivity index (χ1) is 8.83. The maximum atomic E-state index is 4.28. The second-order valence-corrected chi connectivity index (χ2v) is 5.58. The van der Waals surface area contributed by atoms with Crippen LogP contribution in [0.2, 0.25) is 0 Å². The Kier molecular flexibility index (Phi) is 8.18. The fourth-order valence-electron chi connectivity index (χ4n) is 2.24. The Hall–Kier alpha value is -0.480. The summed E-state index contributed by atoms with van der Waals surface area (Å²) in [4.78, 5) is 1.37. The summed E-state index contributed by atoms with van der Waals surface area (Å²) in [6.07, 6.45) is 8.71. The third-order valence-electron chi connectivity index (χ3n) is 3.19. The smallest absolute Gasteiger partial charge is 0.0803 e. The summed E-state index contributed by atoms with van der Waals surface area (Å²) in [6.45, 7) is 7.65. The van der Waals surface area contributed by atoms with Gasteiger partial charge in [0.05, 0.1) is 10.6 Å². The molecule has 0 saturated heterocycles. The van der Waals surface area contributed by atoms with Crippen LogP contribution in [0.3, 0.4) is 0 Å². The fraction of sp³-hybridized carbons (Fsp3) is 0.857. The molecule has 0 aromatic carbocycles. The number of unbranched alkanes of at least 4 members (excludes halogenated alkanes) is 3. The predicted molar refractivity (Wildman–Crippen MR) is 79.1 cm³/mol. The number of rotatable bonds is 10. The lowest BCUT2D eigenvalue weighted by Crippen LogP contribution is -2.21. The summed E-state index contributed by atoms with van der Waals surface area (Å²) in [6, 6.07) is 0.466. The highest BCUT2D eigenvalue weighted by atomic mass is 32.1. The van der Waals surface area contributed by atoms with Crippen molar-refractivity contribution in [3.8, 4) is 0 Å². The van der Waals surface area contributed by atoms with Crippen LogP contribution < -0.4 is 5.32 Å². The van der Waals surface area contributed by atoms with Crippen LogP contribution in [-0.2, 0) is 6.42 Å². The maximum Gasteiger partial charge on any atom is 0.0803 e. The second-order valence-electron chi connectivity index (χ2n) is 4.79. The van der Waals surface area contributed by atoms with Crippen molar-refractivity contribution >= 4 is 11.5 Å². The topological polar surface area (TPSA) is 37.8 Å². The van der Waals surface area contributed by atoms with Gasteiger partial charge in [0, 0.05) is 6.04 Å². The van der Waals surface area contributed by atoms with Crippen LogP contribution in [0.15, 0.2) is 0 Å². The van der Waals surface area contributed by atoms with Crippen LogP contribution in [0.25, 0.3) is 0 Å². The molecule has 0 aliphatic rings. The van der Waals surface area contributed by atoms with Crippen LogP contribution in [0.1, 0.15) is 75.9 Å². The van der Waals surface area contributed by atoms with E-state index < -0.39 is 0 Å². The Bertz CT molecular complexity index is 312. The summed E-state index contributed by atoms with van der Waals surface area (Å²) in [5.41, 5.74) is 1.21. The van der Waals surface area contributed by atoms with Gasteiger partial charge in [-0.05, 0) is 30.9 Å². The van der Waals surface area contributed by atoms with Crippen LogP contribution >= 0.6 is 11.5 Å². The monoisotopic (exact) mass is 269 g/mol. The molecule has 0 amide bonds. The van der Waals surface area contributed by atoms with E-state index in [2.05, 4.69) is 35.7 Å². The molecule has 0 spiro atoms. The summed E-state index contributed by atoms with van der Waals surface area (Å²) in [5.74, 6) is 0. The van der Waals surface area contributed by atoms with Gasteiger partial charge in [0.1, 0.15) is 0 Å². The van der Waals surface area contributed by atoms with Crippen molar-refractivity contribution in [2.24, 2.45) is 0 Å². The summed E-state index contributed by atoms with van der Waals surface area (Å²) >= 11 is 1.58. The lowest BCUT2D eigenvalue weighted by Gasteiger charge is -2.16. The van der Waals surface area contributed by atoms with E-state index in [-0.39, 0.29) is 0 Å². The van der Waals surface area contributed by atoms with E-state index in [1.165, 1.54) is 42.7 Å². The Balaban J connectivity index is 2.56. The second kappa shape index (κ2) is 9.45. The molecule has 1 rings (SSSR count). The lowest BCUT2D eigenvalue weighted by molar-refractivity contribution is 0.484. The average Bonchev–Trinajstić information content (AvgIpc) is 2.82. The molecule has 18 heavy (non-hydrogen) atoms. The van der Waals surface area contributed by atoms with E-state index in [4.69, 9.17) is 0 Å². The van der Waals surface area contributed by atoms with E-state index >= 15 is 0 Å². The minimum Gasteiger partial charge on any atom is -0.309 e. The molecule has 0 saturated carbocycles. The number of aryl methyl sites for hydroxylation is 1. The first kappa shape index (κ1) is 15.6. The molecule has 1 aromatic heterocycles. The van der Waals surface area contributed by atoms with Gasteiger partial charge in [-0.15, -0.1) is 5.10 Å². The van der Waals surface area contributed by atoms with Gasteiger partial charge in [-0.25, -0.2) is 0 Å². The highest BCUT2D eigenvalue weighted by Crippen LogP contribution is 2.26. The zero-order valence-electron chi connectivity index (χ0n) is 12.0. The minimum absolute atomic E-state index is 0.466. The molecule has 1 N–H and O–H groups in total. The maximum absolute atomic E-state index is 4.28. The SMILES string of the molecule is CCCCCCC(NCC)c1snnc1CCC. The van der Waals surface area contributed by atoms with Crippen LogP contribution in [0, 0.1) is 0 Å². The molecule has 0 aliphatic carbocycles. The standard InChI is InChI=1S/C14H27N3S/c1-4-7-8-9-11-12(15-6-3)14-13(10-5-2)16-17-18-14/h12,15H,4-11H2,1-3H3. The molecular weight excluding hydrogens is 242 g/mol. The normalized spacial score (nSPS) is 12.8. The Labute approximate surface area is 116 Å². The molecular formula is C14H27N3S. The molecule has 1 heterocycles. The van der Waals surface area contributed by atoms with Crippen molar-refractivity contribution in [1.29, 1.82) is 0 Å². The van der Waals surface area contributed by atoms with Crippen molar-refractivity contribution < 1.29 is 0 Å². The van der Waals surface area contributed by atoms with Gasteiger partial charge in [-0.1, -0.05) is 57.4 Å². The van der Waals surface area contributed by atoms with Gasteiger partial charge in [0.25, 0.3) is 0 Å². The summed E-state index contributed by atoms with van der Waals surface area (Å²) < 4.78 is 4.14. The van der Waals surface area contributed by atoms with Crippen molar-refractivity contribution in [2.45, 2.75) is 71.8 Å². The molecule has 0 radical (unpaired) electrons. The molecule has 0 fully saturated rings. The van der Waals surface area contributed by atoms with Gasteiger partial charge in [0.15, 0.2) is 0 Å². The largest absolute Gasteiger partial charge is 0.309 e. The van der Waals surface area contributed by atoms with Crippen molar-refractivity contribution in [3.05, 3.63) is 10.6 Å². The molecule has 1 atom stereocenters. The number of hydrogen-bond acceptors (Lipinski definition) is 4. The zero-order valence-corrected chi connectivity index (χ0v) is 12.9. The fourth-order valence-corrected chi connectivity index (χ4v) is 3.04. The molecule has 1 aromatic rings. The first-order valence-corrected chi connectivity index (χ1v) is 8.15. The summed E-state index contributed by atoms with van der Waals surface area (Å²) in [5, 5.41) is 7.87. The highest BCUT2D eigenvalue weighted by Gasteiger charge is 2.17. The zero-order chi connectivity index (χ0) is 13.2. The van der Waals surface area contributed by atoms with Crippen LogP contribution in [0.4, 0.5) is 0 Å². The quantitative estimate of drug-likeness (QED) is 0.649.